The summed E-state index contributed by atoms with van der Waals surface area (Å²) in [6.45, 7) is 0. The van der Waals surface area contributed by atoms with Crippen LogP contribution < -0.4 is 0 Å². The first-order valence-corrected chi connectivity index (χ1v) is 12.5. The maximum Gasteiger partial charge on any atom is 0.281 e. The van der Waals surface area contributed by atoms with Crippen LogP contribution in [0.2, 0.25) is 0 Å². The normalized spacial score (nSPS) is 17.2. The first kappa shape index (κ1) is 23.6. The van der Waals surface area contributed by atoms with E-state index in [9.17, 15) is 38.4 Å². The minimum Gasteiger partial charge on any atom is -0.267 e. The SMILES string of the molecule is O=C1c2ccccc2C(=O)N1N1C(=O)c2ccc3c4c(ccc(c24)C1=O)C(=O)N(N1C(=O)c2ccccc2C1=O)C3=O. The Kier molecular flexibility index (Phi) is 4.30. The van der Waals surface area contributed by atoms with E-state index in [2.05, 4.69) is 0 Å². The summed E-state index contributed by atoms with van der Waals surface area (Å²) < 4.78 is 0. The van der Waals surface area contributed by atoms with Crippen molar-refractivity contribution in [3.63, 3.8) is 0 Å². The van der Waals surface area contributed by atoms with Crippen molar-refractivity contribution >= 4 is 58.0 Å². The van der Waals surface area contributed by atoms with Gasteiger partial charge in [-0.1, -0.05) is 24.3 Å². The van der Waals surface area contributed by atoms with Crippen molar-refractivity contribution in [3.05, 3.63) is 117 Å². The number of carbonyl (C=O) groups excluding carboxylic acids is 8. The van der Waals surface area contributed by atoms with Crippen molar-refractivity contribution in [2.75, 3.05) is 0 Å². The Morgan fingerprint density at radius 2 is 0.452 bits per heavy atom. The Bertz CT molecular complexity index is 1840. The lowest BCUT2D eigenvalue weighted by Crippen LogP contribution is -2.55. The van der Waals surface area contributed by atoms with Gasteiger partial charge in [0.15, 0.2) is 0 Å². The molecule has 4 heterocycles. The van der Waals surface area contributed by atoms with Gasteiger partial charge in [-0.3, -0.25) is 38.4 Å². The lowest BCUT2D eigenvalue weighted by Gasteiger charge is -2.35. The van der Waals surface area contributed by atoms with Gasteiger partial charge in [0.2, 0.25) is 0 Å². The summed E-state index contributed by atoms with van der Waals surface area (Å²) in [6.07, 6.45) is 0. The van der Waals surface area contributed by atoms with Crippen LogP contribution in [0.5, 0.6) is 0 Å². The highest BCUT2D eigenvalue weighted by Crippen LogP contribution is 2.40. The van der Waals surface area contributed by atoms with Gasteiger partial charge in [-0.15, -0.1) is 0 Å². The molecule has 0 atom stereocenters. The second-order valence-corrected chi connectivity index (χ2v) is 9.85. The van der Waals surface area contributed by atoms with E-state index >= 15 is 0 Å². The minimum atomic E-state index is -1.01. The summed E-state index contributed by atoms with van der Waals surface area (Å²) in [5, 5.41) is 1.85. The number of carbonyl (C=O) groups is 8. The molecule has 4 aliphatic rings. The van der Waals surface area contributed by atoms with Crippen LogP contribution in [0.15, 0.2) is 72.8 Å². The van der Waals surface area contributed by atoms with Crippen LogP contribution >= 0.6 is 0 Å². The molecular weight excluding hydrogens is 544 g/mol. The van der Waals surface area contributed by atoms with Gasteiger partial charge in [-0.25, -0.2) is 0 Å². The van der Waals surface area contributed by atoms with Crippen molar-refractivity contribution in [2.24, 2.45) is 0 Å². The number of hydrogen-bond acceptors (Lipinski definition) is 8. The largest absolute Gasteiger partial charge is 0.281 e. The number of imide groups is 4. The second kappa shape index (κ2) is 7.67. The van der Waals surface area contributed by atoms with Crippen LogP contribution in [0, 0.1) is 0 Å². The second-order valence-electron chi connectivity index (χ2n) is 9.85. The summed E-state index contributed by atoms with van der Waals surface area (Å²) in [6, 6.07) is 16.8. The van der Waals surface area contributed by atoms with E-state index < -0.39 is 47.3 Å². The number of rotatable bonds is 2. The average molecular weight is 556 g/mol. The van der Waals surface area contributed by atoms with Gasteiger partial charge < -0.3 is 0 Å². The van der Waals surface area contributed by atoms with Crippen molar-refractivity contribution in [1.82, 2.24) is 20.0 Å². The maximum atomic E-state index is 13.7. The fourth-order valence-corrected chi connectivity index (χ4v) is 5.93. The van der Waals surface area contributed by atoms with E-state index in [0.29, 0.717) is 20.0 Å². The molecule has 0 fully saturated rings. The maximum absolute atomic E-state index is 13.7. The molecule has 0 aromatic heterocycles. The molecule has 4 aromatic carbocycles. The highest BCUT2D eigenvalue weighted by Gasteiger charge is 2.50. The summed E-state index contributed by atoms with van der Waals surface area (Å²) in [4.78, 5) is 107. The molecule has 0 N–H and O–H groups in total. The summed E-state index contributed by atoms with van der Waals surface area (Å²) in [5.74, 6) is -7.44. The quantitative estimate of drug-likeness (QED) is 0.342. The molecule has 0 radical (unpaired) electrons. The Hall–Kier alpha value is -6.30. The first-order valence-electron chi connectivity index (χ1n) is 12.5. The molecule has 8 amide bonds. The molecule has 12 nitrogen and oxygen atoms in total. The van der Waals surface area contributed by atoms with Crippen LogP contribution in [0.25, 0.3) is 10.8 Å². The molecule has 0 spiro atoms. The fraction of sp³-hybridized carbons (Fsp3) is 0. The van der Waals surface area contributed by atoms with E-state index in [1.54, 1.807) is 24.3 Å². The predicted molar refractivity (Wildman–Crippen MR) is 139 cm³/mol. The molecule has 200 valence electrons. The average Bonchev–Trinajstić information content (AvgIpc) is 3.40. The highest BCUT2D eigenvalue weighted by molar-refractivity contribution is 6.36. The molecule has 0 saturated carbocycles. The zero-order valence-electron chi connectivity index (χ0n) is 21.0. The third-order valence-electron chi connectivity index (χ3n) is 7.80. The lowest BCUT2D eigenvalue weighted by molar-refractivity contribution is 0.00477. The minimum absolute atomic E-state index is 0.0171. The molecule has 12 heteroatoms. The molecule has 4 aliphatic heterocycles. The van der Waals surface area contributed by atoms with Crippen LogP contribution in [0.4, 0.5) is 0 Å². The monoisotopic (exact) mass is 556 g/mol. The van der Waals surface area contributed by atoms with Gasteiger partial charge in [0.05, 0.1) is 44.5 Å². The van der Waals surface area contributed by atoms with Gasteiger partial charge in [-0.05, 0) is 48.5 Å². The van der Waals surface area contributed by atoms with Gasteiger partial charge >= 0.3 is 0 Å². The third-order valence-corrected chi connectivity index (χ3v) is 7.80. The van der Waals surface area contributed by atoms with Crippen LogP contribution in [0.1, 0.15) is 82.9 Å². The van der Waals surface area contributed by atoms with E-state index in [1.807, 2.05) is 0 Å². The summed E-state index contributed by atoms with van der Waals surface area (Å²) in [7, 11) is 0. The Morgan fingerprint density at radius 3 is 0.667 bits per heavy atom. The molecule has 8 rings (SSSR count). The number of hydrogen-bond donors (Lipinski definition) is 0. The van der Waals surface area contributed by atoms with Gasteiger partial charge in [0, 0.05) is 10.8 Å². The topological polar surface area (TPSA) is 150 Å². The van der Waals surface area contributed by atoms with Crippen molar-refractivity contribution in [3.8, 4) is 0 Å². The van der Waals surface area contributed by atoms with Crippen molar-refractivity contribution in [1.29, 1.82) is 0 Å². The van der Waals surface area contributed by atoms with Gasteiger partial charge in [0.1, 0.15) is 0 Å². The molecule has 0 saturated heterocycles. The van der Waals surface area contributed by atoms with E-state index in [1.165, 1.54) is 48.5 Å². The smallest absolute Gasteiger partial charge is 0.267 e. The van der Waals surface area contributed by atoms with E-state index in [4.69, 9.17) is 0 Å². The number of fused-ring (bicyclic) bond motifs is 2. The first-order chi connectivity index (χ1) is 20.2. The molecule has 42 heavy (non-hydrogen) atoms. The van der Waals surface area contributed by atoms with Crippen LogP contribution in [0.3, 0.4) is 0 Å². The molecule has 0 unspecified atom stereocenters. The summed E-state index contributed by atoms with van der Waals surface area (Å²) in [5.41, 5.74) is -0.388. The lowest BCUT2D eigenvalue weighted by atomic mass is 9.86. The van der Waals surface area contributed by atoms with Crippen molar-refractivity contribution < 1.29 is 38.4 Å². The molecule has 0 aliphatic carbocycles. The molecule has 0 bridgehead atoms. The Balaban J connectivity index is 1.25. The zero-order valence-corrected chi connectivity index (χ0v) is 21.0. The van der Waals surface area contributed by atoms with Crippen LogP contribution in [-0.4, -0.2) is 67.3 Å². The van der Waals surface area contributed by atoms with Crippen molar-refractivity contribution in [2.45, 2.75) is 0 Å². The number of hydrazine groups is 2. The standard InChI is InChI=1S/C30H12N4O8/c35-23-13-5-1-2-6-14(13)24(36)31(23)33-27(39)17-9-11-19-22-20(12-10-18(21(17)22)28(33)40)30(42)34(29(19)41)32-25(37)15-7-3-4-8-16(15)26(32)38/h1-12H. The zero-order chi connectivity index (χ0) is 29.2. The Morgan fingerprint density at radius 1 is 0.262 bits per heavy atom. The number of amides is 8. The molecule has 4 aromatic rings. The number of benzene rings is 4. The predicted octanol–water partition coefficient (Wildman–Crippen LogP) is 2.45. The van der Waals surface area contributed by atoms with E-state index in [-0.39, 0.29) is 55.3 Å². The third kappa shape index (κ3) is 2.60. The Labute approximate surface area is 233 Å². The van der Waals surface area contributed by atoms with Gasteiger partial charge in [-0.2, -0.15) is 20.0 Å². The van der Waals surface area contributed by atoms with E-state index in [0.717, 1.165) is 0 Å². The number of nitrogens with zero attached hydrogens (tertiary/aromatic N) is 4. The fourth-order valence-electron chi connectivity index (χ4n) is 5.93. The van der Waals surface area contributed by atoms with Crippen LogP contribution in [-0.2, 0) is 0 Å². The van der Waals surface area contributed by atoms with Gasteiger partial charge in [0.25, 0.3) is 47.3 Å². The summed E-state index contributed by atoms with van der Waals surface area (Å²) >= 11 is 0. The molecular formula is C30H12N4O8. The highest BCUT2D eigenvalue weighted by atomic mass is 16.2.